The average molecular weight is 435 g/mol. The second kappa shape index (κ2) is 7.85. The molecule has 1 aromatic carbocycles. The monoisotopic (exact) mass is 434 g/mol. The zero-order valence-electron chi connectivity index (χ0n) is 15.3. The highest BCUT2D eigenvalue weighted by Crippen LogP contribution is 2.38. The fraction of sp³-hybridized carbons (Fsp3) is 0.389. The normalized spacial score (nSPS) is 15.8. The van der Waals surface area contributed by atoms with E-state index < -0.39 is 17.6 Å². The molecule has 0 aliphatic carbocycles. The van der Waals surface area contributed by atoms with Crippen molar-refractivity contribution in [2.45, 2.75) is 6.18 Å². The number of piperazine rings is 1. The van der Waals surface area contributed by atoms with Crippen molar-refractivity contribution in [3.05, 3.63) is 45.7 Å². The van der Waals surface area contributed by atoms with Gasteiger partial charge < -0.3 is 19.7 Å². The standard InChI is InChI=1S/C18H19Cl2F3N4O/c1-25-5-7-27(8-6-25)11-3-4-14(12(9-11)18(21,22)23)24-17(28)15-10-13(19)16(20)26(15)2/h3-4,9-10H,5-8H2,1-2H3,(H,24,28). The van der Waals surface area contributed by atoms with E-state index in [2.05, 4.69) is 10.2 Å². The minimum Gasteiger partial charge on any atom is -0.369 e. The number of halogens is 5. The Morgan fingerprint density at radius 1 is 1.07 bits per heavy atom. The van der Waals surface area contributed by atoms with Gasteiger partial charge >= 0.3 is 6.18 Å². The minimum absolute atomic E-state index is 0.0614. The molecule has 1 aromatic heterocycles. The molecule has 28 heavy (non-hydrogen) atoms. The highest BCUT2D eigenvalue weighted by Gasteiger charge is 2.35. The molecule has 0 bridgehead atoms. The molecule has 2 aromatic rings. The first-order valence-corrected chi connectivity index (χ1v) is 9.30. The van der Waals surface area contributed by atoms with Crippen LogP contribution in [0.1, 0.15) is 16.1 Å². The van der Waals surface area contributed by atoms with Crippen LogP contribution in [0.2, 0.25) is 10.2 Å². The number of alkyl halides is 3. The summed E-state index contributed by atoms with van der Waals surface area (Å²) in [6, 6.07) is 5.25. The molecule has 1 aliphatic rings. The Morgan fingerprint density at radius 3 is 2.25 bits per heavy atom. The van der Waals surface area contributed by atoms with E-state index in [0.717, 1.165) is 19.2 Å². The fourth-order valence-corrected chi connectivity index (χ4v) is 3.46. The molecule has 0 spiro atoms. The van der Waals surface area contributed by atoms with Gasteiger partial charge in [0.05, 0.1) is 16.3 Å². The largest absolute Gasteiger partial charge is 0.418 e. The molecular weight excluding hydrogens is 416 g/mol. The summed E-state index contributed by atoms with van der Waals surface area (Å²) in [5.41, 5.74) is -0.679. The van der Waals surface area contributed by atoms with Crippen LogP contribution in [0, 0.1) is 0 Å². The van der Waals surface area contributed by atoms with Gasteiger partial charge in [-0.15, -0.1) is 0 Å². The lowest BCUT2D eigenvalue weighted by Gasteiger charge is -2.34. The number of benzene rings is 1. The second-order valence-corrected chi connectivity index (χ2v) is 7.46. The Morgan fingerprint density at radius 2 is 1.71 bits per heavy atom. The number of carbonyl (C=O) groups is 1. The van der Waals surface area contributed by atoms with Crippen molar-refractivity contribution in [2.24, 2.45) is 7.05 Å². The van der Waals surface area contributed by atoms with E-state index in [1.807, 2.05) is 11.9 Å². The number of likely N-dealkylation sites (N-methyl/N-ethyl adjacent to an activating group) is 1. The van der Waals surface area contributed by atoms with E-state index in [1.54, 1.807) is 6.07 Å². The van der Waals surface area contributed by atoms with Crippen molar-refractivity contribution in [3.8, 4) is 0 Å². The van der Waals surface area contributed by atoms with Crippen LogP contribution in [0.5, 0.6) is 0 Å². The number of anilines is 2. The summed E-state index contributed by atoms with van der Waals surface area (Å²) in [7, 11) is 3.48. The first kappa shape index (κ1) is 20.8. The van der Waals surface area contributed by atoms with E-state index in [4.69, 9.17) is 23.2 Å². The van der Waals surface area contributed by atoms with Crippen LogP contribution in [0.25, 0.3) is 0 Å². The van der Waals surface area contributed by atoms with Crippen molar-refractivity contribution in [1.29, 1.82) is 0 Å². The number of hydrogen-bond donors (Lipinski definition) is 1. The van der Waals surface area contributed by atoms with Gasteiger partial charge in [-0.2, -0.15) is 13.2 Å². The highest BCUT2D eigenvalue weighted by molar-refractivity contribution is 6.42. The van der Waals surface area contributed by atoms with E-state index in [-0.39, 0.29) is 21.6 Å². The first-order chi connectivity index (χ1) is 13.1. The van der Waals surface area contributed by atoms with E-state index in [0.29, 0.717) is 18.8 Å². The van der Waals surface area contributed by atoms with E-state index >= 15 is 0 Å². The van der Waals surface area contributed by atoms with Gasteiger partial charge in [0, 0.05) is 38.9 Å². The van der Waals surface area contributed by atoms with Crippen LogP contribution in [0.3, 0.4) is 0 Å². The van der Waals surface area contributed by atoms with Crippen LogP contribution in [-0.4, -0.2) is 48.6 Å². The maximum atomic E-state index is 13.6. The van der Waals surface area contributed by atoms with Gasteiger partial charge in [-0.3, -0.25) is 4.79 Å². The molecule has 0 atom stereocenters. The number of nitrogens with zero attached hydrogens (tertiary/aromatic N) is 3. The molecule has 1 saturated heterocycles. The molecule has 0 radical (unpaired) electrons. The van der Waals surface area contributed by atoms with Crippen molar-refractivity contribution in [1.82, 2.24) is 9.47 Å². The van der Waals surface area contributed by atoms with Crippen LogP contribution < -0.4 is 10.2 Å². The highest BCUT2D eigenvalue weighted by atomic mass is 35.5. The lowest BCUT2D eigenvalue weighted by molar-refractivity contribution is -0.136. The molecule has 2 heterocycles. The van der Waals surface area contributed by atoms with Crippen LogP contribution >= 0.6 is 23.2 Å². The zero-order valence-corrected chi connectivity index (χ0v) is 16.8. The average Bonchev–Trinajstić information content (AvgIpc) is 2.89. The summed E-state index contributed by atoms with van der Waals surface area (Å²) in [5.74, 6) is -0.728. The molecule has 5 nitrogen and oxygen atoms in total. The van der Waals surface area contributed by atoms with Gasteiger partial charge in [0.2, 0.25) is 0 Å². The third kappa shape index (κ3) is 4.24. The Labute approximate surface area is 170 Å². The third-order valence-corrected chi connectivity index (χ3v) is 5.62. The molecule has 1 amide bonds. The molecule has 10 heteroatoms. The van der Waals surface area contributed by atoms with Gasteiger partial charge in [0.1, 0.15) is 10.8 Å². The lowest BCUT2D eigenvalue weighted by Crippen LogP contribution is -2.44. The number of nitrogens with one attached hydrogen (secondary N) is 1. The maximum Gasteiger partial charge on any atom is 0.418 e. The minimum atomic E-state index is -4.62. The van der Waals surface area contributed by atoms with Crippen LogP contribution in [-0.2, 0) is 13.2 Å². The SMILES string of the molecule is CN1CCN(c2ccc(NC(=O)c3cc(Cl)c(Cl)n3C)c(C(F)(F)F)c2)CC1. The molecule has 152 valence electrons. The molecule has 0 saturated carbocycles. The van der Waals surface area contributed by atoms with E-state index in [1.165, 1.54) is 23.7 Å². The number of hydrogen-bond acceptors (Lipinski definition) is 3. The smallest absolute Gasteiger partial charge is 0.369 e. The summed E-state index contributed by atoms with van der Waals surface area (Å²) in [4.78, 5) is 16.5. The van der Waals surface area contributed by atoms with Gasteiger partial charge in [0.15, 0.2) is 0 Å². The van der Waals surface area contributed by atoms with Crippen molar-refractivity contribution in [3.63, 3.8) is 0 Å². The van der Waals surface area contributed by atoms with Gasteiger partial charge in [-0.25, -0.2) is 0 Å². The molecule has 1 fully saturated rings. The molecule has 1 N–H and O–H groups in total. The van der Waals surface area contributed by atoms with Gasteiger partial charge in [-0.05, 0) is 31.3 Å². The summed E-state index contributed by atoms with van der Waals surface area (Å²) >= 11 is 11.8. The maximum absolute atomic E-state index is 13.6. The number of carbonyl (C=O) groups excluding carboxylic acids is 1. The number of aromatic nitrogens is 1. The summed E-state index contributed by atoms with van der Waals surface area (Å²) in [6.07, 6.45) is -4.62. The molecular formula is C18H19Cl2F3N4O. The predicted octanol–water partition coefficient (Wildman–Crippen LogP) is 4.35. The van der Waals surface area contributed by atoms with Crippen molar-refractivity contribution >= 4 is 40.5 Å². The first-order valence-electron chi connectivity index (χ1n) is 8.54. The summed E-state index contributed by atoms with van der Waals surface area (Å²) in [5, 5.41) is 2.61. The zero-order chi connectivity index (χ0) is 20.6. The lowest BCUT2D eigenvalue weighted by atomic mass is 10.1. The number of amides is 1. The summed E-state index contributed by atoms with van der Waals surface area (Å²) < 4.78 is 42.2. The quantitative estimate of drug-likeness (QED) is 0.780. The van der Waals surface area contributed by atoms with Crippen LogP contribution in [0.15, 0.2) is 24.3 Å². The summed E-state index contributed by atoms with van der Waals surface area (Å²) in [6.45, 7) is 2.82. The Hall–Kier alpha value is -1.90. The molecule has 0 unspecified atom stereocenters. The van der Waals surface area contributed by atoms with Crippen LogP contribution in [0.4, 0.5) is 24.5 Å². The van der Waals surface area contributed by atoms with E-state index in [9.17, 15) is 18.0 Å². The Kier molecular flexibility index (Phi) is 5.84. The van der Waals surface area contributed by atoms with Crippen molar-refractivity contribution in [2.75, 3.05) is 43.4 Å². The number of rotatable bonds is 3. The predicted molar refractivity (Wildman–Crippen MR) is 105 cm³/mol. The van der Waals surface area contributed by atoms with Gasteiger partial charge in [0.25, 0.3) is 5.91 Å². The van der Waals surface area contributed by atoms with Gasteiger partial charge in [-0.1, -0.05) is 23.2 Å². The second-order valence-electron chi connectivity index (χ2n) is 6.70. The third-order valence-electron chi connectivity index (χ3n) is 4.77. The molecule has 1 aliphatic heterocycles. The Balaban J connectivity index is 1.90. The molecule has 3 rings (SSSR count). The van der Waals surface area contributed by atoms with Crippen molar-refractivity contribution < 1.29 is 18.0 Å². The topological polar surface area (TPSA) is 40.5 Å². The Bertz CT molecular complexity index is 890. The fourth-order valence-electron chi connectivity index (χ4n) is 3.08.